The minimum Gasteiger partial charge on any atom is -0.505 e. The molecule has 6 heteroatoms. The van der Waals surface area contributed by atoms with Crippen LogP contribution in [0.25, 0.3) is 0 Å². The molecule has 86 valence electrons. The van der Waals surface area contributed by atoms with Gasteiger partial charge in [-0.15, -0.1) is 0 Å². The Morgan fingerprint density at radius 2 is 2.12 bits per heavy atom. The number of carboxylic acid groups (broad SMARTS) is 1. The van der Waals surface area contributed by atoms with Crippen LogP contribution in [0.3, 0.4) is 0 Å². The summed E-state index contributed by atoms with van der Waals surface area (Å²) in [5.74, 6) is -1.93. The Morgan fingerprint density at radius 3 is 2.62 bits per heavy atom. The SMILES string of the molecule is CC(C(=O)O)N(C)C(=O)c1ccncc1O. The molecular formula is C10H12N2O4. The quantitative estimate of drug-likeness (QED) is 0.772. The summed E-state index contributed by atoms with van der Waals surface area (Å²) in [6, 6.07) is 0.378. The number of carbonyl (C=O) groups is 2. The fourth-order valence-electron chi connectivity index (χ4n) is 1.10. The van der Waals surface area contributed by atoms with E-state index in [9.17, 15) is 14.7 Å². The van der Waals surface area contributed by atoms with Crippen LogP contribution in [-0.4, -0.2) is 45.1 Å². The van der Waals surface area contributed by atoms with Gasteiger partial charge < -0.3 is 15.1 Å². The lowest BCUT2D eigenvalue weighted by Gasteiger charge is -2.21. The van der Waals surface area contributed by atoms with Gasteiger partial charge in [-0.25, -0.2) is 4.79 Å². The van der Waals surface area contributed by atoms with Crippen LogP contribution in [0.15, 0.2) is 18.5 Å². The van der Waals surface area contributed by atoms with Gasteiger partial charge in [-0.3, -0.25) is 9.78 Å². The molecule has 0 saturated carbocycles. The minimum absolute atomic E-state index is 0.0330. The van der Waals surface area contributed by atoms with Gasteiger partial charge in [0.25, 0.3) is 5.91 Å². The predicted molar refractivity (Wildman–Crippen MR) is 55.1 cm³/mol. The second-order valence-corrected chi connectivity index (χ2v) is 3.32. The number of hydrogen-bond donors (Lipinski definition) is 2. The maximum Gasteiger partial charge on any atom is 0.326 e. The van der Waals surface area contributed by atoms with Gasteiger partial charge in [-0.1, -0.05) is 0 Å². The van der Waals surface area contributed by atoms with E-state index in [1.807, 2.05) is 0 Å². The topological polar surface area (TPSA) is 90.7 Å². The number of amides is 1. The van der Waals surface area contributed by atoms with E-state index in [1.54, 1.807) is 0 Å². The highest BCUT2D eigenvalue weighted by Crippen LogP contribution is 2.16. The van der Waals surface area contributed by atoms with Crippen molar-refractivity contribution in [1.82, 2.24) is 9.88 Å². The Balaban J connectivity index is 2.95. The highest BCUT2D eigenvalue weighted by molar-refractivity contribution is 5.98. The van der Waals surface area contributed by atoms with Crippen molar-refractivity contribution in [3.8, 4) is 5.75 Å². The number of nitrogens with zero attached hydrogens (tertiary/aromatic N) is 2. The third-order valence-corrected chi connectivity index (χ3v) is 2.29. The van der Waals surface area contributed by atoms with Crippen molar-refractivity contribution in [3.63, 3.8) is 0 Å². The van der Waals surface area contributed by atoms with Gasteiger partial charge in [0.2, 0.25) is 0 Å². The second kappa shape index (κ2) is 4.61. The van der Waals surface area contributed by atoms with Crippen LogP contribution in [0, 0.1) is 0 Å². The lowest BCUT2D eigenvalue weighted by molar-refractivity contribution is -0.141. The van der Waals surface area contributed by atoms with E-state index in [0.717, 1.165) is 11.1 Å². The molecule has 1 aromatic heterocycles. The zero-order chi connectivity index (χ0) is 12.3. The first-order chi connectivity index (χ1) is 7.45. The summed E-state index contributed by atoms with van der Waals surface area (Å²) in [5.41, 5.74) is 0.0330. The first kappa shape index (κ1) is 12.0. The highest BCUT2D eigenvalue weighted by atomic mass is 16.4. The van der Waals surface area contributed by atoms with E-state index in [1.165, 1.54) is 26.2 Å². The molecule has 0 aromatic carbocycles. The number of aromatic hydroxyl groups is 1. The van der Waals surface area contributed by atoms with Crippen molar-refractivity contribution < 1.29 is 19.8 Å². The number of hydrogen-bond acceptors (Lipinski definition) is 4. The minimum atomic E-state index is -1.11. The second-order valence-electron chi connectivity index (χ2n) is 3.32. The molecule has 0 bridgehead atoms. The van der Waals surface area contributed by atoms with Gasteiger partial charge in [0.1, 0.15) is 11.8 Å². The summed E-state index contributed by atoms with van der Waals surface area (Å²) in [4.78, 5) is 27.1. The van der Waals surface area contributed by atoms with E-state index in [-0.39, 0.29) is 11.3 Å². The number of rotatable bonds is 3. The van der Waals surface area contributed by atoms with Crippen LogP contribution in [0.1, 0.15) is 17.3 Å². The van der Waals surface area contributed by atoms with Crippen molar-refractivity contribution in [2.75, 3.05) is 7.05 Å². The molecule has 1 rings (SSSR count). The fraction of sp³-hybridized carbons (Fsp3) is 0.300. The Bertz CT molecular complexity index is 419. The smallest absolute Gasteiger partial charge is 0.326 e. The summed E-state index contributed by atoms with van der Waals surface area (Å²) < 4.78 is 0. The lowest BCUT2D eigenvalue weighted by Crippen LogP contribution is -2.40. The van der Waals surface area contributed by atoms with Crippen LogP contribution in [-0.2, 0) is 4.79 Å². The van der Waals surface area contributed by atoms with Gasteiger partial charge in [-0.05, 0) is 13.0 Å². The molecule has 0 aliphatic rings. The number of aromatic nitrogens is 1. The molecule has 1 aromatic rings. The zero-order valence-electron chi connectivity index (χ0n) is 8.91. The van der Waals surface area contributed by atoms with Gasteiger partial charge >= 0.3 is 5.97 Å². The average molecular weight is 224 g/mol. The maximum absolute atomic E-state index is 11.8. The summed E-state index contributed by atoms with van der Waals surface area (Å²) >= 11 is 0. The molecule has 0 spiro atoms. The van der Waals surface area contributed by atoms with Crippen LogP contribution in [0.5, 0.6) is 5.75 Å². The molecular weight excluding hydrogens is 212 g/mol. The highest BCUT2D eigenvalue weighted by Gasteiger charge is 2.24. The van der Waals surface area contributed by atoms with Gasteiger partial charge in [0, 0.05) is 13.2 Å². The molecule has 0 radical (unpaired) electrons. The molecule has 16 heavy (non-hydrogen) atoms. The van der Waals surface area contributed by atoms with Crippen molar-refractivity contribution >= 4 is 11.9 Å². The molecule has 0 fully saturated rings. The van der Waals surface area contributed by atoms with E-state index in [4.69, 9.17) is 5.11 Å². The monoisotopic (exact) mass is 224 g/mol. The number of pyridine rings is 1. The van der Waals surface area contributed by atoms with E-state index >= 15 is 0 Å². The summed E-state index contributed by atoms with van der Waals surface area (Å²) in [6.07, 6.45) is 2.48. The molecule has 1 amide bonds. The van der Waals surface area contributed by atoms with Gasteiger partial charge in [0.05, 0.1) is 11.8 Å². The van der Waals surface area contributed by atoms with Crippen molar-refractivity contribution in [2.24, 2.45) is 0 Å². The van der Waals surface area contributed by atoms with E-state index in [2.05, 4.69) is 4.98 Å². The van der Waals surface area contributed by atoms with Crippen LogP contribution < -0.4 is 0 Å². The fourth-order valence-corrected chi connectivity index (χ4v) is 1.10. The molecule has 0 aliphatic carbocycles. The first-order valence-corrected chi connectivity index (χ1v) is 4.58. The summed E-state index contributed by atoms with van der Waals surface area (Å²) in [6.45, 7) is 1.39. The third-order valence-electron chi connectivity index (χ3n) is 2.29. The van der Waals surface area contributed by atoms with Gasteiger partial charge in [0.15, 0.2) is 0 Å². The largest absolute Gasteiger partial charge is 0.505 e. The molecule has 1 heterocycles. The van der Waals surface area contributed by atoms with Crippen molar-refractivity contribution in [3.05, 3.63) is 24.0 Å². The standard InChI is InChI=1S/C10H12N2O4/c1-6(10(15)16)12(2)9(14)7-3-4-11-5-8(7)13/h3-6,13H,1-2H3,(H,15,16). The average Bonchev–Trinajstić information content (AvgIpc) is 2.26. The van der Waals surface area contributed by atoms with Crippen LogP contribution in [0.4, 0.5) is 0 Å². The van der Waals surface area contributed by atoms with E-state index < -0.39 is 17.9 Å². The summed E-state index contributed by atoms with van der Waals surface area (Å²) in [5, 5.41) is 18.1. The van der Waals surface area contributed by atoms with Crippen LogP contribution >= 0.6 is 0 Å². The molecule has 0 aliphatic heterocycles. The van der Waals surface area contributed by atoms with Gasteiger partial charge in [-0.2, -0.15) is 0 Å². The normalized spacial score (nSPS) is 11.9. The molecule has 0 saturated heterocycles. The molecule has 6 nitrogen and oxygen atoms in total. The zero-order valence-corrected chi connectivity index (χ0v) is 8.91. The first-order valence-electron chi connectivity index (χ1n) is 4.58. The number of likely N-dealkylation sites (N-methyl/N-ethyl adjacent to an activating group) is 1. The third kappa shape index (κ3) is 2.28. The van der Waals surface area contributed by atoms with Crippen LogP contribution in [0.2, 0.25) is 0 Å². The Labute approximate surface area is 92.1 Å². The Kier molecular flexibility index (Phi) is 3.44. The maximum atomic E-state index is 11.8. The van der Waals surface area contributed by atoms with E-state index in [0.29, 0.717) is 0 Å². The lowest BCUT2D eigenvalue weighted by atomic mass is 10.2. The number of carbonyl (C=O) groups excluding carboxylic acids is 1. The molecule has 1 atom stereocenters. The number of carboxylic acids is 1. The number of aliphatic carboxylic acids is 1. The van der Waals surface area contributed by atoms with Crippen molar-refractivity contribution in [2.45, 2.75) is 13.0 Å². The molecule has 2 N–H and O–H groups in total. The molecule has 1 unspecified atom stereocenters. The summed E-state index contributed by atoms with van der Waals surface area (Å²) in [7, 11) is 1.36. The Morgan fingerprint density at radius 1 is 1.50 bits per heavy atom. The Hall–Kier alpha value is -2.11. The van der Waals surface area contributed by atoms with Crippen molar-refractivity contribution in [1.29, 1.82) is 0 Å². The predicted octanol–water partition coefficient (Wildman–Crippen LogP) is 0.332.